The summed E-state index contributed by atoms with van der Waals surface area (Å²) in [5.74, 6) is 2.32. The fraction of sp³-hybridized carbons (Fsp3) is 0.433. The number of oxazole rings is 1. The summed E-state index contributed by atoms with van der Waals surface area (Å²) in [6.45, 7) is 5.45. The van der Waals surface area contributed by atoms with Gasteiger partial charge in [0.25, 0.3) is 5.91 Å². The number of fused-ring (bicyclic) bond motifs is 2. The van der Waals surface area contributed by atoms with E-state index in [4.69, 9.17) is 23.4 Å². The third kappa shape index (κ3) is 5.11. The first-order chi connectivity index (χ1) is 19.4. The lowest BCUT2D eigenvalue weighted by Crippen LogP contribution is -2.52. The van der Waals surface area contributed by atoms with E-state index >= 15 is 0 Å². The number of hydrogen-bond donors (Lipinski definition) is 1. The van der Waals surface area contributed by atoms with Gasteiger partial charge in [0.15, 0.2) is 29.2 Å². The number of aromatic nitrogens is 1. The Kier molecular flexibility index (Phi) is 7.10. The van der Waals surface area contributed by atoms with Crippen LogP contribution in [0.25, 0.3) is 0 Å². The second-order valence-corrected chi connectivity index (χ2v) is 10.4. The number of amides is 2. The second-order valence-electron chi connectivity index (χ2n) is 10.4. The Labute approximate surface area is 232 Å². The van der Waals surface area contributed by atoms with Crippen molar-refractivity contribution in [2.45, 2.75) is 57.9 Å². The molecule has 4 heterocycles. The van der Waals surface area contributed by atoms with Gasteiger partial charge in [0.1, 0.15) is 30.3 Å². The minimum Gasteiger partial charge on any atom is -0.490 e. The van der Waals surface area contributed by atoms with E-state index < -0.39 is 6.04 Å². The van der Waals surface area contributed by atoms with Crippen LogP contribution in [-0.2, 0) is 22.5 Å². The number of carbonyl (C=O) groups is 2. The summed E-state index contributed by atoms with van der Waals surface area (Å²) in [4.78, 5) is 32.1. The number of likely N-dealkylation sites (N-methyl/N-ethyl adjacent to an activating group) is 1. The predicted octanol–water partition coefficient (Wildman–Crippen LogP) is 3.67. The van der Waals surface area contributed by atoms with Gasteiger partial charge in [-0.05, 0) is 47.9 Å². The minimum atomic E-state index is -0.682. The molecular formula is C30H33N3O7. The quantitative estimate of drug-likeness (QED) is 0.515. The molecule has 2 atom stereocenters. The number of ether oxygens (including phenoxy) is 4. The van der Waals surface area contributed by atoms with Crippen molar-refractivity contribution in [3.05, 3.63) is 70.4 Å². The minimum absolute atomic E-state index is 0.179. The van der Waals surface area contributed by atoms with Gasteiger partial charge in [-0.1, -0.05) is 12.1 Å². The Morgan fingerprint density at radius 3 is 2.50 bits per heavy atom. The van der Waals surface area contributed by atoms with Crippen LogP contribution in [0, 0.1) is 13.8 Å². The van der Waals surface area contributed by atoms with Crippen molar-refractivity contribution < 1.29 is 33.0 Å². The first-order valence-electron chi connectivity index (χ1n) is 13.7. The molecule has 1 saturated heterocycles. The van der Waals surface area contributed by atoms with Crippen molar-refractivity contribution >= 4 is 11.8 Å². The molecule has 210 valence electrons. The van der Waals surface area contributed by atoms with E-state index in [9.17, 15) is 9.59 Å². The zero-order valence-electron chi connectivity index (χ0n) is 22.9. The van der Waals surface area contributed by atoms with E-state index in [1.54, 1.807) is 25.8 Å². The van der Waals surface area contributed by atoms with Crippen molar-refractivity contribution in [2.75, 3.05) is 26.9 Å². The van der Waals surface area contributed by atoms with Crippen molar-refractivity contribution in [2.24, 2.45) is 0 Å². The number of carbonyl (C=O) groups excluding carboxylic acids is 2. The fourth-order valence-electron chi connectivity index (χ4n) is 5.54. The maximum atomic E-state index is 13.5. The van der Waals surface area contributed by atoms with Gasteiger partial charge in [-0.2, -0.15) is 0 Å². The summed E-state index contributed by atoms with van der Waals surface area (Å²) < 4.78 is 29.5. The van der Waals surface area contributed by atoms with Gasteiger partial charge in [-0.15, -0.1) is 0 Å². The maximum Gasteiger partial charge on any atom is 0.277 e. The molecule has 10 nitrogen and oxygen atoms in total. The Balaban J connectivity index is 1.21. The molecule has 3 aliphatic rings. The molecule has 1 aromatic heterocycles. The number of rotatable bonds is 5. The van der Waals surface area contributed by atoms with Crippen molar-refractivity contribution in [1.29, 1.82) is 0 Å². The molecule has 6 rings (SSSR count). The molecule has 1 N–H and O–H groups in total. The zero-order valence-corrected chi connectivity index (χ0v) is 22.9. The highest BCUT2D eigenvalue weighted by molar-refractivity contribution is 5.97. The molecule has 1 fully saturated rings. The lowest BCUT2D eigenvalue weighted by molar-refractivity contribution is -0.125. The molecule has 0 aliphatic carbocycles. The highest BCUT2D eigenvalue weighted by Crippen LogP contribution is 2.41. The van der Waals surface area contributed by atoms with Gasteiger partial charge in [-0.25, -0.2) is 4.98 Å². The number of hydrogen-bond acceptors (Lipinski definition) is 8. The number of nitrogens with one attached hydrogen (secondary N) is 1. The first kappa shape index (κ1) is 26.2. The predicted molar refractivity (Wildman–Crippen MR) is 144 cm³/mol. The van der Waals surface area contributed by atoms with Crippen LogP contribution in [0.4, 0.5) is 0 Å². The molecule has 3 aliphatic heterocycles. The van der Waals surface area contributed by atoms with Crippen LogP contribution in [0.2, 0.25) is 0 Å². The fourth-order valence-corrected chi connectivity index (χ4v) is 5.54. The Bertz CT molecular complexity index is 1410. The van der Waals surface area contributed by atoms with Gasteiger partial charge < -0.3 is 33.6 Å². The molecule has 10 heteroatoms. The van der Waals surface area contributed by atoms with Crippen LogP contribution < -0.4 is 19.5 Å². The third-order valence-corrected chi connectivity index (χ3v) is 7.69. The zero-order chi connectivity index (χ0) is 27.8. The number of nitrogens with zero attached hydrogens (tertiary/aromatic N) is 2. The second kappa shape index (κ2) is 10.8. The molecule has 0 spiro atoms. The van der Waals surface area contributed by atoms with E-state index in [1.807, 2.05) is 36.4 Å². The van der Waals surface area contributed by atoms with E-state index in [1.165, 1.54) is 0 Å². The maximum absolute atomic E-state index is 13.5. The number of benzene rings is 2. The van der Waals surface area contributed by atoms with Crippen LogP contribution in [-0.4, -0.2) is 60.7 Å². The van der Waals surface area contributed by atoms with Gasteiger partial charge in [-0.3, -0.25) is 9.59 Å². The normalized spacial score (nSPS) is 20.5. The Hall–Kier alpha value is -4.05. The molecule has 2 amide bonds. The molecule has 2 unspecified atom stereocenters. The van der Waals surface area contributed by atoms with Crippen LogP contribution in [0.15, 0.2) is 40.8 Å². The van der Waals surface area contributed by atoms with E-state index in [-0.39, 0.29) is 36.3 Å². The van der Waals surface area contributed by atoms with E-state index in [0.29, 0.717) is 36.2 Å². The summed E-state index contributed by atoms with van der Waals surface area (Å²) in [5.41, 5.74) is 3.04. The highest BCUT2D eigenvalue weighted by Gasteiger charge is 2.38. The average Bonchev–Trinajstić information content (AvgIpc) is 3.32. The van der Waals surface area contributed by atoms with Crippen LogP contribution >= 0.6 is 0 Å². The first-order valence-corrected chi connectivity index (χ1v) is 13.7. The summed E-state index contributed by atoms with van der Waals surface area (Å²) in [7, 11) is 1.57. The van der Waals surface area contributed by atoms with Crippen LogP contribution in [0.3, 0.4) is 0 Å². The monoisotopic (exact) mass is 547 g/mol. The molecular weight excluding hydrogens is 514 g/mol. The largest absolute Gasteiger partial charge is 0.490 e. The lowest BCUT2D eigenvalue weighted by Gasteiger charge is -2.36. The van der Waals surface area contributed by atoms with Crippen molar-refractivity contribution in [3.63, 3.8) is 0 Å². The van der Waals surface area contributed by atoms with Crippen molar-refractivity contribution in [3.8, 4) is 17.2 Å². The topological polar surface area (TPSA) is 112 Å². The lowest BCUT2D eigenvalue weighted by atomic mass is 9.92. The van der Waals surface area contributed by atoms with Gasteiger partial charge in [0.2, 0.25) is 5.91 Å². The summed E-state index contributed by atoms with van der Waals surface area (Å²) in [6, 6.07) is 11.1. The molecule has 0 radical (unpaired) electrons. The van der Waals surface area contributed by atoms with Crippen LogP contribution in [0.1, 0.15) is 57.8 Å². The van der Waals surface area contributed by atoms with Crippen LogP contribution in [0.5, 0.6) is 17.2 Å². The summed E-state index contributed by atoms with van der Waals surface area (Å²) >= 11 is 0. The van der Waals surface area contributed by atoms with Gasteiger partial charge in [0, 0.05) is 39.8 Å². The standard InChI is InChI=1S/C30H33N3O7/c1-17-28(32-18(2)38-17)30(35)33-15-21-14-26-25(13-20(21)12-24(33)29(34)31-3)37-16-27(40-26)19-4-6-22(7-5-19)39-23-8-10-36-11-9-23/h4-7,13-14,23-24,27H,8-12,15-16H2,1-3H3,(H,31,34). The smallest absolute Gasteiger partial charge is 0.277 e. The molecule has 0 saturated carbocycles. The molecule has 3 aromatic rings. The number of aryl methyl sites for hydroxylation is 2. The molecule has 2 aromatic carbocycles. The summed E-state index contributed by atoms with van der Waals surface area (Å²) in [6.07, 6.45) is 2.04. The SMILES string of the molecule is CNC(=O)C1Cc2cc3c(cc2CN1C(=O)c1nc(C)oc1C)OC(c1ccc(OC2CCOCC2)cc1)CO3. The van der Waals surface area contributed by atoms with Crippen molar-refractivity contribution in [1.82, 2.24) is 15.2 Å². The molecule has 40 heavy (non-hydrogen) atoms. The highest BCUT2D eigenvalue weighted by atomic mass is 16.6. The third-order valence-electron chi connectivity index (χ3n) is 7.69. The Morgan fingerprint density at radius 2 is 1.80 bits per heavy atom. The average molecular weight is 548 g/mol. The Morgan fingerprint density at radius 1 is 1.05 bits per heavy atom. The van der Waals surface area contributed by atoms with Gasteiger partial charge in [0.05, 0.1) is 13.2 Å². The van der Waals surface area contributed by atoms with E-state index in [2.05, 4.69) is 10.3 Å². The molecule has 0 bridgehead atoms. The summed E-state index contributed by atoms with van der Waals surface area (Å²) in [5, 5.41) is 2.69. The van der Waals surface area contributed by atoms with Gasteiger partial charge >= 0.3 is 0 Å². The van der Waals surface area contributed by atoms with E-state index in [0.717, 1.165) is 48.5 Å².